The van der Waals surface area contributed by atoms with Crippen LogP contribution in [0.4, 0.5) is 5.69 Å². The Labute approximate surface area is 124 Å². The van der Waals surface area contributed by atoms with Crippen molar-refractivity contribution in [2.24, 2.45) is 0 Å². The van der Waals surface area contributed by atoms with Crippen molar-refractivity contribution in [3.63, 3.8) is 0 Å². The average Bonchev–Trinajstić information content (AvgIpc) is 3.30. The fraction of sp³-hybridized carbons (Fsp3) is 0.412. The molecule has 1 saturated carbocycles. The highest BCUT2D eigenvalue weighted by Gasteiger charge is 2.20. The van der Waals surface area contributed by atoms with E-state index >= 15 is 0 Å². The summed E-state index contributed by atoms with van der Waals surface area (Å²) in [5.41, 5.74) is 2.19. The van der Waals surface area contributed by atoms with Crippen molar-refractivity contribution in [1.82, 2.24) is 9.78 Å². The van der Waals surface area contributed by atoms with E-state index in [9.17, 15) is 4.79 Å². The minimum atomic E-state index is -0.0136. The molecule has 0 aliphatic heterocycles. The number of rotatable bonds is 7. The first kappa shape index (κ1) is 13.9. The zero-order valence-electron chi connectivity index (χ0n) is 12.2. The molecule has 0 saturated heterocycles. The van der Waals surface area contributed by atoms with E-state index in [0.29, 0.717) is 12.6 Å². The van der Waals surface area contributed by atoms with Crippen LogP contribution in [0.5, 0.6) is 0 Å². The van der Waals surface area contributed by atoms with Gasteiger partial charge in [0.05, 0.1) is 11.9 Å². The summed E-state index contributed by atoms with van der Waals surface area (Å²) in [7, 11) is 0. The molecule has 1 aromatic heterocycles. The summed E-state index contributed by atoms with van der Waals surface area (Å²) < 4.78 is 1.56. The van der Waals surface area contributed by atoms with Gasteiger partial charge in [-0.25, -0.2) is 4.68 Å². The zero-order valence-corrected chi connectivity index (χ0v) is 12.2. The lowest BCUT2D eigenvalue weighted by molar-refractivity contribution is 0.532. The van der Waals surface area contributed by atoms with Gasteiger partial charge in [0.2, 0.25) is 0 Å². The molecule has 0 atom stereocenters. The van der Waals surface area contributed by atoms with Gasteiger partial charge in [0, 0.05) is 18.7 Å². The number of hydrogen-bond donors (Lipinski definition) is 1. The number of nitrogens with zero attached hydrogens (tertiary/aromatic N) is 2. The number of unbranched alkanes of at least 4 members (excludes halogenated alkanes) is 1. The second kappa shape index (κ2) is 6.57. The molecule has 0 amide bonds. The second-order valence-electron chi connectivity index (χ2n) is 5.67. The molecule has 110 valence electrons. The summed E-state index contributed by atoms with van der Waals surface area (Å²) in [6, 6.07) is 12.6. The number of aryl methyl sites for hydroxylation is 2. The van der Waals surface area contributed by atoms with Crippen LogP contribution in [0.1, 0.15) is 31.2 Å². The molecule has 21 heavy (non-hydrogen) atoms. The number of benzene rings is 1. The highest BCUT2D eigenvalue weighted by Crippen LogP contribution is 2.23. The minimum absolute atomic E-state index is 0.0136. The monoisotopic (exact) mass is 283 g/mol. The molecule has 4 nitrogen and oxygen atoms in total. The van der Waals surface area contributed by atoms with Crippen LogP contribution in [0.3, 0.4) is 0 Å². The first-order chi connectivity index (χ1) is 10.3. The Bertz CT molecular complexity index is 632. The third kappa shape index (κ3) is 4.18. The van der Waals surface area contributed by atoms with Gasteiger partial charge in [0.15, 0.2) is 0 Å². The molecule has 0 unspecified atom stereocenters. The summed E-state index contributed by atoms with van der Waals surface area (Å²) in [5, 5.41) is 7.54. The van der Waals surface area contributed by atoms with Gasteiger partial charge in [-0.3, -0.25) is 4.79 Å². The van der Waals surface area contributed by atoms with E-state index in [-0.39, 0.29) is 5.56 Å². The maximum absolute atomic E-state index is 12.0. The summed E-state index contributed by atoms with van der Waals surface area (Å²) in [6.45, 7) is 0.690. The Balaban J connectivity index is 1.47. The van der Waals surface area contributed by atoms with E-state index in [4.69, 9.17) is 0 Å². The van der Waals surface area contributed by atoms with Crippen molar-refractivity contribution in [2.75, 3.05) is 5.32 Å². The van der Waals surface area contributed by atoms with E-state index in [0.717, 1.165) is 24.9 Å². The number of nitrogens with one attached hydrogen (secondary N) is 1. The van der Waals surface area contributed by atoms with Gasteiger partial charge in [0.25, 0.3) is 5.56 Å². The van der Waals surface area contributed by atoms with Crippen molar-refractivity contribution in [3.05, 3.63) is 58.5 Å². The Morgan fingerprint density at radius 3 is 2.71 bits per heavy atom. The van der Waals surface area contributed by atoms with E-state index in [2.05, 4.69) is 34.7 Å². The van der Waals surface area contributed by atoms with Crippen LogP contribution in [0.15, 0.2) is 47.4 Å². The minimum Gasteiger partial charge on any atom is -0.381 e. The zero-order chi connectivity index (χ0) is 14.5. The molecule has 0 spiro atoms. The number of aromatic nitrogens is 2. The van der Waals surface area contributed by atoms with Crippen molar-refractivity contribution < 1.29 is 0 Å². The SMILES string of the molecule is O=c1cc(NC2CC2)cnn1CCCCc1ccccc1. The topological polar surface area (TPSA) is 46.9 Å². The molecular weight excluding hydrogens is 262 g/mol. The Kier molecular flexibility index (Phi) is 4.34. The molecule has 1 N–H and O–H groups in total. The van der Waals surface area contributed by atoms with Crippen molar-refractivity contribution >= 4 is 5.69 Å². The summed E-state index contributed by atoms with van der Waals surface area (Å²) in [5.74, 6) is 0. The van der Waals surface area contributed by atoms with Gasteiger partial charge < -0.3 is 5.32 Å². The molecule has 1 aliphatic rings. The molecule has 3 rings (SSSR count). The average molecular weight is 283 g/mol. The van der Waals surface area contributed by atoms with Crippen LogP contribution < -0.4 is 10.9 Å². The van der Waals surface area contributed by atoms with Crippen molar-refractivity contribution in [2.45, 2.75) is 44.7 Å². The number of anilines is 1. The predicted molar refractivity (Wildman–Crippen MR) is 84.5 cm³/mol. The van der Waals surface area contributed by atoms with Gasteiger partial charge in [-0.2, -0.15) is 5.10 Å². The Morgan fingerprint density at radius 2 is 2.00 bits per heavy atom. The standard InChI is InChI=1S/C17H21N3O/c21-17-12-16(19-15-9-10-15)13-18-20(17)11-5-4-8-14-6-2-1-3-7-14/h1-3,6-7,12-13,15,19H,4-5,8-11H2. The molecule has 4 heteroatoms. The van der Waals surface area contributed by atoms with Gasteiger partial charge in [-0.05, 0) is 37.7 Å². The van der Waals surface area contributed by atoms with Crippen LogP contribution in [-0.2, 0) is 13.0 Å². The lowest BCUT2D eigenvalue weighted by atomic mass is 10.1. The highest BCUT2D eigenvalue weighted by molar-refractivity contribution is 5.41. The van der Waals surface area contributed by atoms with Crippen LogP contribution in [0, 0.1) is 0 Å². The smallest absolute Gasteiger partial charge is 0.268 e. The van der Waals surface area contributed by atoms with E-state index in [1.54, 1.807) is 16.9 Å². The van der Waals surface area contributed by atoms with Crippen molar-refractivity contribution in [3.8, 4) is 0 Å². The molecule has 1 heterocycles. The maximum Gasteiger partial charge on any atom is 0.268 e. The van der Waals surface area contributed by atoms with E-state index in [1.165, 1.54) is 18.4 Å². The molecule has 2 aromatic rings. The van der Waals surface area contributed by atoms with Crippen LogP contribution >= 0.6 is 0 Å². The normalized spacial score (nSPS) is 14.1. The number of hydrogen-bond acceptors (Lipinski definition) is 3. The summed E-state index contributed by atoms with van der Waals surface area (Å²) >= 11 is 0. The quantitative estimate of drug-likeness (QED) is 0.795. The lowest BCUT2D eigenvalue weighted by Gasteiger charge is -2.07. The maximum atomic E-state index is 12.0. The first-order valence-electron chi connectivity index (χ1n) is 7.69. The molecular formula is C17H21N3O. The summed E-state index contributed by atoms with van der Waals surface area (Å²) in [6.07, 6.45) is 7.25. The van der Waals surface area contributed by atoms with Crippen LogP contribution in [0.25, 0.3) is 0 Å². The van der Waals surface area contributed by atoms with Crippen molar-refractivity contribution in [1.29, 1.82) is 0 Å². The van der Waals surface area contributed by atoms with E-state index < -0.39 is 0 Å². The molecule has 0 radical (unpaired) electrons. The van der Waals surface area contributed by atoms with Gasteiger partial charge in [0.1, 0.15) is 0 Å². The first-order valence-corrected chi connectivity index (χ1v) is 7.69. The second-order valence-corrected chi connectivity index (χ2v) is 5.67. The Hall–Kier alpha value is -2.10. The van der Waals surface area contributed by atoms with Gasteiger partial charge in [-0.15, -0.1) is 0 Å². The Morgan fingerprint density at radius 1 is 1.19 bits per heavy atom. The molecule has 1 fully saturated rings. The van der Waals surface area contributed by atoms with Crippen LogP contribution in [-0.4, -0.2) is 15.8 Å². The third-order valence-electron chi connectivity index (χ3n) is 3.75. The van der Waals surface area contributed by atoms with Gasteiger partial charge >= 0.3 is 0 Å². The molecule has 1 aliphatic carbocycles. The van der Waals surface area contributed by atoms with Crippen LogP contribution in [0.2, 0.25) is 0 Å². The third-order valence-corrected chi connectivity index (χ3v) is 3.75. The lowest BCUT2D eigenvalue weighted by Crippen LogP contribution is -2.23. The largest absolute Gasteiger partial charge is 0.381 e. The van der Waals surface area contributed by atoms with E-state index in [1.807, 2.05) is 6.07 Å². The predicted octanol–water partition coefficient (Wildman–Crippen LogP) is 2.84. The fourth-order valence-corrected chi connectivity index (χ4v) is 2.38. The highest BCUT2D eigenvalue weighted by atomic mass is 16.1. The molecule has 0 bridgehead atoms. The molecule has 1 aromatic carbocycles. The summed E-state index contributed by atoms with van der Waals surface area (Å²) in [4.78, 5) is 12.0. The van der Waals surface area contributed by atoms with Gasteiger partial charge in [-0.1, -0.05) is 30.3 Å². The fourth-order valence-electron chi connectivity index (χ4n) is 2.38.